The van der Waals surface area contributed by atoms with Crippen molar-refractivity contribution in [2.75, 3.05) is 7.11 Å². The van der Waals surface area contributed by atoms with Crippen LogP contribution in [-0.2, 0) is 10.2 Å². The molecule has 6 heteroatoms. The van der Waals surface area contributed by atoms with E-state index >= 15 is 0 Å². The highest BCUT2D eigenvalue weighted by molar-refractivity contribution is 5.89. The van der Waals surface area contributed by atoms with Crippen LogP contribution in [0.1, 0.15) is 28.8 Å². The van der Waals surface area contributed by atoms with E-state index in [1.54, 1.807) is 0 Å². The van der Waals surface area contributed by atoms with E-state index in [0.717, 1.165) is 25.3 Å². The van der Waals surface area contributed by atoms with Crippen LogP contribution in [0.5, 0.6) is 0 Å². The minimum absolute atomic E-state index is 0.0828. The Morgan fingerprint density at radius 2 is 1.89 bits per heavy atom. The number of carbonyl (C=O) groups is 1. The number of alkyl halides is 3. The van der Waals surface area contributed by atoms with Crippen molar-refractivity contribution in [2.24, 2.45) is 0 Å². The monoisotopic (exact) mass is 262 g/mol. The average Bonchev–Trinajstić information content (AvgIpc) is 3.07. The van der Waals surface area contributed by atoms with E-state index in [2.05, 4.69) is 4.74 Å². The van der Waals surface area contributed by atoms with Gasteiger partial charge in [0.15, 0.2) is 0 Å². The van der Waals surface area contributed by atoms with Gasteiger partial charge in [0.1, 0.15) is 5.82 Å². The summed E-state index contributed by atoms with van der Waals surface area (Å²) in [7, 11) is 1.09. The Kier molecular flexibility index (Phi) is 2.83. The first-order chi connectivity index (χ1) is 8.30. The third kappa shape index (κ3) is 1.95. The lowest BCUT2D eigenvalue weighted by molar-refractivity contribution is -0.160. The highest BCUT2D eigenvalue weighted by atomic mass is 19.4. The summed E-state index contributed by atoms with van der Waals surface area (Å²) >= 11 is 0. The first-order valence-corrected chi connectivity index (χ1v) is 5.26. The van der Waals surface area contributed by atoms with Crippen molar-refractivity contribution in [2.45, 2.75) is 24.4 Å². The molecule has 0 saturated heterocycles. The van der Waals surface area contributed by atoms with Gasteiger partial charge in [-0.3, -0.25) is 0 Å². The molecule has 0 unspecified atom stereocenters. The molecule has 98 valence electrons. The second-order valence-electron chi connectivity index (χ2n) is 4.30. The lowest BCUT2D eigenvalue weighted by atomic mass is 9.93. The summed E-state index contributed by atoms with van der Waals surface area (Å²) in [6.45, 7) is 0. The van der Waals surface area contributed by atoms with Gasteiger partial charge in [0.05, 0.1) is 18.1 Å². The van der Waals surface area contributed by atoms with Crippen molar-refractivity contribution in [3.05, 3.63) is 35.1 Å². The predicted molar refractivity (Wildman–Crippen MR) is 54.7 cm³/mol. The number of ether oxygens (including phenoxy) is 1. The standard InChI is InChI=1S/C12H10F4O2/c1-18-10(17)7-4-8(6-9(13)5-7)11(2-3-11)12(14,15)16/h4-6H,2-3H2,1H3. The maximum atomic E-state index is 13.3. The van der Waals surface area contributed by atoms with E-state index in [1.807, 2.05) is 0 Å². The molecule has 0 spiro atoms. The molecule has 0 amide bonds. The fraction of sp³-hybridized carbons (Fsp3) is 0.417. The van der Waals surface area contributed by atoms with Gasteiger partial charge in [-0.25, -0.2) is 9.18 Å². The van der Waals surface area contributed by atoms with Gasteiger partial charge in [-0.1, -0.05) is 0 Å². The zero-order chi connectivity index (χ0) is 13.6. The van der Waals surface area contributed by atoms with Gasteiger partial charge in [-0.05, 0) is 36.6 Å². The van der Waals surface area contributed by atoms with E-state index < -0.39 is 23.4 Å². The van der Waals surface area contributed by atoms with Gasteiger partial charge < -0.3 is 4.74 Å². The van der Waals surface area contributed by atoms with Crippen LogP contribution >= 0.6 is 0 Å². The lowest BCUT2D eigenvalue weighted by Crippen LogP contribution is -2.29. The molecule has 1 aliphatic rings. The van der Waals surface area contributed by atoms with Crippen molar-refractivity contribution in [3.63, 3.8) is 0 Å². The van der Waals surface area contributed by atoms with E-state index in [4.69, 9.17) is 0 Å². The van der Waals surface area contributed by atoms with E-state index in [1.165, 1.54) is 0 Å². The number of hydrogen-bond donors (Lipinski definition) is 0. The summed E-state index contributed by atoms with van der Waals surface area (Å²) in [5.74, 6) is -1.72. The van der Waals surface area contributed by atoms with Crippen molar-refractivity contribution in [3.8, 4) is 0 Å². The Labute approximate surface area is 101 Å². The van der Waals surface area contributed by atoms with Crippen LogP contribution in [-0.4, -0.2) is 19.3 Å². The number of benzene rings is 1. The largest absolute Gasteiger partial charge is 0.465 e. The normalized spacial score (nSPS) is 17.4. The molecule has 1 saturated carbocycles. The Morgan fingerprint density at radius 1 is 1.28 bits per heavy atom. The zero-order valence-corrected chi connectivity index (χ0v) is 9.47. The number of esters is 1. The van der Waals surface area contributed by atoms with Gasteiger partial charge in [0.2, 0.25) is 0 Å². The molecule has 0 heterocycles. The Balaban J connectivity index is 2.47. The predicted octanol–water partition coefficient (Wildman–Crippen LogP) is 3.21. The van der Waals surface area contributed by atoms with Gasteiger partial charge >= 0.3 is 12.1 Å². The van der Waals surface area contributed by atoms with Crippen LogP contribution in [0.2, 0.25) is 0 Å². The summed E-state index contributed by atoms with van der Waals surface area (Å²) < 4.78 is 56.3. The summed E-state index contributed by atoms with van der Waals surface area (Å²) in [5.41, 5.74) is -2.42. The Morgan fingerprint density at radius 3 is 2.33 bits per heavy atom. The molecular formula is C12H10F4O2. The Bertz CT molecular complexity index is 489. The molecule has 18 heavy (non-hydrogen) atoms. The fourth-order valence-corrected chi connectivity index (χ4v) is 1.96. The van der Waals surface area contributed by atoms with E-state index in [-0.39, 0.29) is 24.0 Å². The first kappa shape index (κ1) is 12.9. The van der Waals surface area contributed by atoms with Crippen LogP contribution in [0.25, 0.3) is 0 Å². The second-order valence-corrected chi connectivity index (χ2v) is 4.30. The lowest BCUT2D eigenvalue weighted by Gasteiger charge is -2.20. The number of hydrogen-bond acceptors (Lipinski definition) is 2. The SMILES string of the molecule is COC(=O)c1cc(F)cc(C2(C(F)(F)F)CC2)c1. The number of methoxy groups -OCH3 is 1. The number of rotatable bonds is 2. The minimum atomic E-state index is -4.44. The molecule has 0 aromatic heterocycles. The van der Waals surface area contributed by atoms with Crippen molar-refractivity contribution < 1.29 is 27.1 Å². The molecular weight excluding hydrogens is 252 g/mol. The maximum absolute atomic E-state index is 13.3. The summed E-state index contributed by atoms with van der Waals surface area (Å²) in [6.07, 6.45) is -4.60. The molecule has 1 fully saturated rings. The topological polar surface area (TPSA) is 26.3 Å². The van der Waals surface area contributed by atoms with E-state index in [0.29, 0.717) is 0 Å². The van der Waals surface area contributed by atoms with Crippen LogP contribution in [0.3, 0.4) is 0 Å². The maximum Gasteiger partial charge on any atom is 0.398 e. The molecule has 1 aliphatic carbocycles. The molecule has 1 aromatic rings. The summed E-state index contributed by atoms with van der Waals surface area (Å²) in [6, 6.07) is 2.74. The quantitative estimate of drug-likeness (QED) is 0.604. The third-order valence-electron chi connectivity index (χ3n) is 3.16. The molecule has 2 nitrogen and oxygen atoms in total. The van der Waals surface area contributed by atoms with Gasteiger partial charge in [-0.2, -0.15) is 13.2 Å². The van der Waals surface area contributed by atoms with Crippen molar-refractivity contribution in [1.29, 1.82) is 0 Å². The van der Waals surface area contributed by atoms with Gasteiger partial charge in [0, 0.05) is 0 Å². The Hall–Kier alpha value is -1.59. The minimum Gasteiger partial charge on any atom is -0.465 e. The fourth-order valence-electron chi connectivity index (χ4n) is 1.96. The van der Waals surface area contributed by atoms with Crippen molar-refractivity contribution in [1.82, 2.24) is 0 Å². The molecule has 0 atom stereocenters. The molecule has 0 aliphatic heterocycles. The second kappa shape index (κ2) is 3.96. The molecule has 0 N–H and O–H groups in total. The molecule has 2 rings (SSSR count). The zero-order valence-electron chi connectivity index (χ0n) is 9.47. The molecule has 0 bridgehead atoms. The molecule has 1 aromatic carbocycles. The van der Waals surface area contributed by atoms with Crippen LogP contribution in [0.15, 0.2) is 18.2 Å². The highest BCUT2D eigenvalue weighted by Crippen LogP contribution is 2.59. The van der Waals surface area contributed by atoms with E-state index in [9.17, 15) is 22.4 Å². The smallest absolute Gasteiger partial charge is 0.398 e. The third-order valence-corrected chi connectivity index (χ3v) is 3.16. The van der Waals surface area contributed by atoms with Gasteiger partial charge in [0.25, 0.3) is 0 Å². The van der Waals surface area contributed by atoms with Crippen LogP contribution in [0, 0.1) is 5.82 Å². The number of halogens is 4. The van der Waals surface area contributed by atoms with Crippen molar-refractivity contribution >= 4 is 5.97 Å². The average molecular weight is 262 g/mol. The first-order valence-electron chi connectivity index (χ1n) is 5.26. The van der Waals surface area contributed by atoms with Crippen LogP contribution < -0.4 is 0 Å². The number of carbonyl (C=O) groups excluding carboxylic acids is 1. The summed E-state index contributed by atoms with van der Waals surface area (Å²) in [5, 5.41) is 0. The summed E-state index contributed by atoms with van der Waals surface area (Å²) in [4.78, 5) is 11.2. The highest BCUT2D eigenvalue weighted by Gasteiger charge is 2.64. The van der Waals surface area contributed by atoms with Gasteiger partial charge in [-0.15, -0.1) is 0 Å². The van der Waals surface area contributed by atoms with Crippen LogP contribution in [0.4, 0.5) is 17.6 Å². The molecule has 0 radical (unpaired) electrons.